The van der Waals surface area contributed by atoms with Crippen molar-refractivity contribution in [2.24, 2.45) is 0 Å². The lowest BCUT2D eigenvalue weighted by Gasteiger charge is -2.00. The maximum Gasteiger partial charge on any atom is 0.267 e. The summed E-state index contributed by atoms with van der Waals surface area (Å²) in [6, 6.07) is 4.87. The van der Waals surface area contributed by atoms with E-state index in [4.69, 9.17) is 5.11 Å². The number of rotatable bonds is 6. The molecule has 0 unspecified atom stereocenters. The first-order valence-electron chi connectivity index (χ1n) is 6.17. The SMILES string of the molecule is COS(=O)(=O)CCC[n+]1ccc(-c2ccc(O)nn2)cn1. The molecule has 1 N–H and O–H groups in total. The molecule has 0 aliphatic carbocycles. The molecular formula is C12H15N4O4S+. The minimum absolute atomic E-state index is 0.0522. The summed E-state index contributed by atoms with van der Waals surface area (Å²) in [6.07, 6.45) is 3.74. The van der Waals surface area contributed by atoms with Crippen LogP contribution in [-0.2, 0) is 20.8 Å². The van der Waals surface area contributed by atoms with Crippen molar-refractivity contribution < 1.29 is 22.4 Å². The molecular weight excluding hydrogens is 296 g/mol. The van der Waals surface area contributed by atoms with Gasteiger partial charge < -0.3 is 5.11 Å². The van der Waals surface area contributed by atoms with Crippen molar-refractivity contribution in [2.45, 2.75) is 13.0 Å². The fraction of sp³-hybridized carbons (Fsp3) is 0.333. The number of aromatic hydroxyl groups is 1. The van der Waals surface area contributed by atoms with E-state index in [-0.39, 0.29) is 11.6 Å². The summed E-state index contributed by atoms with van der Waals surface area (Å²) in [7, 11) is -2.28. The van der Waals surface area contributed by atoms with Crippen molar-refractivity contribution in [3.05, 3.63) is 30.6 Å². The summed E-state index contributed by atoms with van der Waals surface area (Å²) < 4.78 is 28.3. The molecule has 112 valence electrons. The Morgan fingerprint density at radius 2 is 2.10 bits per heavy atom. The molecule has 0 saturated heterocycles. The van der Waals surface area contributed by atoms with Crippen LogP contribution in [-0.4, -0.2) is 41.7 Å². The Labute approximate surface area is 122 Å². The Morgan fingerprint density at radius 1 is 1.29 bits per heavy atom. The zero-order valence-electron chi connectivity index (χ0n) is 11.4. The van der Waals surface area contributed by atoms with Gasteiger partial charge in [0.15, 0.2) is 12.7 Å². The lowest BCUT2D eigenvalue weighted by atomic mass is 10.2. The summed E-state index contributed by atoms with van der Waals surface area (Å²) in [5.41, 5.74) is 1.35. The third kappa shape index (κ3) is 4.43. The van der Waals surface area contributed by atoms with Crippen LogP contribution in [0.1, 0.15) is 6.42 Å². The van der Waals surface area contributed by atoms with Gasteiger partial charge in [-0.2, -0.15) is 8.42 Å². The van der Waals surface area contributed by atoms with E-state index < -0.39 is 10.1 Å². The van der Waals surface area contributed by atoms with E-state index in [0.29, 0.717) is 18.7 Å². The third-order valence-electron chi connectivity index (χ3n) is 2.75. The normalized spacial score (nSPS) is 11.5. The lowest BCUT2D eigenvalue weighted by Crippen LogP contribution is -2.38. The number of aryl methyl sites for hydroxylation is 1. The molecule has 0 atom stereocenters. The second-order valence-electron chi connectivity index (χ2n) is 4.24. The van der Waals surface area contributed by atoms with Gasteiger partial charge in [-0.25, -0.2) is 0 Å². The van der Waals surface area contributed by atoms with Crippen molar-refractivity contribution in [2.75, 3.05) is 12.9 Å². The van der Waals surface area contributed by atoms with Crippen LogP contribution in [0.3, 0.4) is 0 Å². The highest BCUT2D eigenvalue weighted by Crippen LogP contribution is 2.14. The van der Waals surface area contributed by atoms with Gasteiger partial charge in [-0.15, -0.1) is 10.2 Å². The Morgan fingerprint density at radius 3 is 2.67 bits per heavy atom. The van der Waals surface area contributed by atoms with Crippen molar-refractivity contribution in [1.29, 1.82) is 0 Å². The van der Waals surface area contributed by atoms with Crippen LogP contribution in [0.5, 0.6) is 5.88 Å². The van der Waals surface area contributed by atoms with Crippen LogP contribution in [0.4, 0.5) is 0 Å². The Balaban J connectivity index is 1.98. The predicted octanol–water partition coefficient (Wildman–Crippen LogP) is -0.102. The van der Waals surface area contributed by atoms with Crippen molar-refractivity contribution in [1.82, 2.24) is 15.3 Å². The average molecular weight is 311 g/mol. The zero-order chi connectivity index (χ0) is 15.3. The topological polar surface area (TPSA) is 106 Å². The molecule has 0 spiro atoms. The largest absolute Gasteiger partial charge is 0.492 e. The van der Waals surface area contributed by atoms with Gasteiger partial charge in [-0.1, -0.05) is 4.68 Å². The van der Waals surface area contributed by atoms with Gasteiger partial charge in [0.2, 0.25) is 5.88 Å². The number of hydrogen-bond donors (Lipinski definition) is 1. The highest BCUT2D eigenvalue weighted by molar-refractivity contribution is 7.86. The lowest BCUT2D eigenvalue weighted by molar-refractivity contribution is -0.753. The van der Waals surface area contributed by atoms with Crippen LogP contribution >= 0.6 is 0 Å². The van der Waals surface area contributed by atoms with Crippen LogP contribution in [0.25, 0.3) is 11.3 Å². The summed E-state index contributed by atoms with van der Waals surface area (Å²) in [4.78, 5) is 0. The molecule has 0 aromatic carbocycles. The molecule has 8 nitrogen and oxygen atoms in total. The predicted molar refractivity (Wildman–Crippen MR) is 72.5 cm³/mol. The molecule has 0 saturated carbocycles. The first kappa shape index (κ1) is 15.3. The van der Waals surface area contributed by atoms with E-state index in [1.807, 2.05) is 0 Å². The molecule has 2 heterocycles. The second-order valence-corrected chi connectivity index (χ2v) is 6.09. The minimum Gasteiger partial charge on any atom is -0.492 e. The van der Waals surface area contributed by atoms with Crippen LogP contribution < -0.4 is 4.68 Å². The minimum atomic E-state index is -3.43. The van der Waals surface area contributed by atoms with Crippen molar-refractivity contribution >= 4 is 10.1 Å². The second kappa shape index (κ2) is 6.55. The van der Waals surface area contributed by atoms with E-state index >= 15 is 0 Å². The molecule has 0 amide bonds. The molecule has 21 heavy (non-hydrogen) atoms. The van der Waals surface area contributed by atoms with Crippen LogP contribution in [0.15, 0.2) is 30.6 Å². The van der Waals surface area contributed by atoms with Crippen molar-refractivity contribution in [3.8, 4) is 17.1 Å². The van der Waals surface area contributed by atoms with Crippen molar-refractivity contribution in [3.63, 3.8) is 0 Å². The molecule has 2 rings (SSSR count). The quantitative estimate of drug-likeness (QED) is 0.586. The molecule has 0 radical (unpaired) electrons. The summed E-state index contributed by atoms with van der Waals surface area (Å²) in [6.45, 7) is 0.462. The highest BCUT2D eigenvalue weighted by atomic mass is 32.2. The maximum absolute atomic E-state index is 11.2. The molecule has 0 fully saturated rings. The van der Waals surface area contributed by atoms with Gasteiger partial charge in [0, 0.05) is 24.1 Å². The van der Waals surface area contributed by atoms with Gasteiger partial charge in [0.25, 0.3) is 10.1 Å². The Kier molecular flexibility index (Phi) is 4.76. The van der Waals surface area contributed by atoms with E-state index in [0.717, 1.165) is 12.7 Å². The number of nitrogens with zero attached hydrogens (tertiary/aromatic N) is 4. The van der Waals surface area contributed by atoms with Gasteiger partial charge in [-0.05, 0) is 11.2 Å². The zero-order valence-corrected chi connectivity index (χ0v) is 12.2. The molecule has 0 bridgehead atoms. The molecule has 2 aromatic rings. The first-order valence-corrected chi connectivity index (χ1v) is 7.75. The Bertz CT molecular complexity index is 686. The Hall–Kier alpha value is -2.13. The summed E-state index contributed by atoms with van der Waals surface area (Å²) >= 11 is 0. The number of hydrogen-bond acceptors (Lipinski definition) is 7. The van der Waals surface area contributed by atoms with E-state index in [1.54, 1.807) is 29.2 Å². The van der Waals surface area contributed by atoms with Crippen LogP contribution in [0.2, 0.25) is 0 Å². The van der Waals surface area contributed by atoms with E-state index in [2.05, 4.69) is 19.5 Å². The van der Waals surface area contributed by atoms with E-state index in [1.165, 1.54) is 6.07 Å². The fourth-order valence-corrected chi connectivity index (χ4v) is 2.28. The molecule has 0 aliphatic heterocycles. The number of aromatic nitrogens is 4. The molecule has 2 aromatic heterocycles. The standard InChI is InChI=1S/C12H14N4O4S/c1-20-21(18,19)8-2-6-16-7-5-10(9-13-16)11-3-4-12(17)15-14-11/h3-5,7,9H,2,6,8H2,1H3/p+1. The molecule has 0 aliphatic rings. The maximum atomic E-state index is 11.2. The average Bonchev–Trinajstić information content (AvgIpc) is 2.49. The fourth-order valence-electron chi connectivity index (χ4n) is 1.63. The summed E-state index contributed by atoms with van der Waals surface area (Å²) in [5, 5.41) is 20.6. The smallest absolute Gasteiger partial charge is 0.267 e. The van der Waals surface area contributed by atoms with Gasteiger partial charge in [0.05, 0.1) is 18.6 Å². The van der Waals surface area contributed by atoms with E-state index in [9.17, 15) is 8.42 Å². The highest BCUT2D eigenvalue weighted by Gasteiger charge is 2.11. The van der Waals surface area contributed by atoms with Crippen LogP contribution in [0, 0.1) is 0 Å². The third-order valence-corrected chi connectivity index (χ3v) is 4.05. The van der Waals surface area contributed by atoms with Gasteiger partial charge >= 0.3 is 0 Å². The van der Waals surface area contributed by atoms with Gasteiger partial charge in [-0.3, -0.25) is 4.18 Å². The monoisotopic (exact) mass is 311 g/mol. The molecule has 9 heteroatoms. The van der Waals surface area contributed by atoms with Gasteiger partial charge in [0.1, 0.15) is 6.20 Å². The summed E-state index contributed by atoms with van der Waals surface area (Å²) in [5.74, 6) is -0.194. The first-order chi connectivity index (χ1) is 10.00.